The van der Waals surface area contributed by atoms with Crippen molar-refractivity contribution in [3.63, 3.8) is 0 Å². The van der Waals surface area contributed by atoms with Crippen molar-refractivity contribution >= 4 is 12.4 Å². The van der Waals surface area contributed by atoms with Gasteiger partial charge >= 0.3 is 0 Å². The lowest BCUT2D eigenvalue weighted by Crippen LogP contribution is -2.47. The molecule has 112 valence electrons. The van der Waals surface area contributed by atoms with E-state index in [1.54, 1.807) is 6.07 Å². The van der Waals surface area contributed by atoms with E-state index in [4.69, 9.17) is 0 Å². The molecular weight excluding hydrogens is 270 g/mol. The molecule has 0 bridgehead atoms. The Kier molecular flexibility index (Phi) is 4.66. The minimum absolute atomic E-state index is 0. The highest BCUT2D eigenvalue weighted by Crippen LogP contribution is 2.41. The summed E-state index contributed by atoms with van der Waals surface area (Å²) in [7, 11) is 0. The third-order valence-corrected chi connectivity index (χ3v) is 5.29. The van der Waals surface area contributed by atoms with Crippen molar-refractivity contribution in [1.82, 2.24) is 4.90 Å². The molecular formula is C17H26ClNO. The van der Waals surface area contributed by atoms with Gasteiger partial charge in [0.15, 0.2) is 0 Å². The van der Waals surface area contributed by atoms with E-state index >= 15 is 0 Å². The van der Waals surface area contributed by atoms with Gasteiger partial charge in [-0.1, -0.05) is 26.0 Å². The average molecular weight is 296 g/mol. The highest BCUT2D eigenvalue weighted by molar-refractivity contribution is 5.85. The summed E-state index contributed by atoms with van der Waals surface area (Å²) in [6.07, 6.45) is 4.08. The van der Waals surface area contributed by atoms with Crippen LogP contribution < -0.4 is 0 Å². The fourth-order valence-electron chi connectivity index (χ4n) is 3.44. The van der Waals surface area contributed by atoms with Crippen molar-refractivity contribution in [3.05, 3.63) is 29.8 Å². The van der Waals surface area contributed by atoms with Crippen molar-refractivity contribution in [1.29, 1.82) is 0 Å². The van der Waals surface area contributed by atoms with Gasteiger partial charge in [0.2, 0.25) is 0 Å². The smallest absolute Gasteiger partial charge is 0.115 e. The zero-order valence-electron chi connectivity index (χ0n) is 12.5. The minimum Gasteiger partial charge on any atom is -0.508 e. The zero-order chi connectivity index (χ0) is 13.5. The van der Waals surface area contributed by atoms with Crippen molar-refractivity contribution < 1.29 is 5.11 Å². The largest absolute Gasteiger partial charge is 0.508 e. The average Bonchev–Trinajstić information content (AvgIpc) is 3.18. The second-order valence-electron chi connectivity index (χ2n) is 6.82. The lowest BCUT2D eigenvalue weighted by atomic mass is 9.68. The van der Waals surface area contributed by atoms with Crippen LogP contribution in [-0.2, 0) is 5.41 Å². The van der Waals surface area contributed by atoms with E-state index in [1.807, 2.05) is 12.1 Å². The van der Waals surface area contributed by atoms with Crippen LogP contribution >= 0.6 is 12.4 Å². The first-order chi connectivity index (χ1) is 9.08. The molecule has 1 N–H and O–H groups in total. The fraction of sp³-hybridized carbons (Fsp3) is 0.647. The van der Waals surface area contributed by atoms with Crippen molar-refractivity contribution in [2.45, 2.75) is 38.5 Å². The van der Waals surface area contributed by atoms with Crippen LogP contribution in [0.2, 0.25) is 0 Å². The van der Waals surface area contributed by atoms with Crippen molar-refractivity contribution in [2.75, 3.05) is 19.6 Å². The van der Waals surface area contributed by atoms with Crippen LogP contribution in [0.15, 0.2) is 24.3 Å². The molecule has 1 aliphatic carbocycles. The highest BCUT2D eigenvalue weighted by Gasteiger charge is 2.39. The van der Waals surface area contributed by atoms with Gasteiger partial charge in [0.1, 0.15) is 5.75 Å². The molecule has 3 heteroatoms. The van der Waals surface area contributed by atoms with Gasteiger partial charge in [0.25, 0.3) is 0 Å². The highest BCUT2D eigenvalue weighted by atomic mass is 35.5. The van der Waals surface area contributed by atoms with E-state index in [2.05, 4.69) is 24.8 Å². The summed E-state index contributed by atoms with van der Waals surface area (Å²) in [5, 5.41) is 9.71. The number of likely N-dealkylation sites (tertiary alicyclic amines) is 1. The molecule has 3 rings (SSSR count). The number of phenolic OH excluding ortho intramolecular Hbond substituents is 1. The van der Waals surface area contributed by atoms with E-state index < -0.39 is 0 Å². The van der Waals surface area contributed by atoms with Gasteiger partial charge in [0, 0.05) is 13.1 Å². The number of halogens is 1. The van der Waals surface area contributed by atoms with E-state index in [0.29, 0.717) is 11.7 Å². The van der Waals surface area contributed by atoms with E-state index in [0.717, 1.165) is 5.92 Å². The molecule has 0 aromatic heterocycles. The van der Waals surface area contributed by atoms with Gasteiger partial charge in [-0.05, 0) is 60.8 Å². The zero-order valence-corrected chi connectivity index (χ0v) is 13.3. The summed E-state index contributed by atoms with van der Waals surface area (Å²) in [6.45, 7) is 8.43. The summed E-state index contributed by atoms with van der Waals surface area (Å²) < 4.78 is 0. The monoisotopic (exact) mass is 295 g/mol. The minimum atomic E-state index is 0. The molecule has 0 spiro atoms. The van der Waals surface area contributed by atoms with Gasteiger partial charge < -0.3 is 10.0 Å². The predicted molar refractivity (Wildman–Crippen MR) is 85.7 cm³/mol. The molecule has 1 heterocycles. The van der Waals surface area contributed by atoms with Gasteiger partial charge in [-0.15, -0.1) is 12.4 Å². The quantitative estimate of drug-likeness (QED) is 0.916. The molecule has 0 amide bonds. The maximum absolute atomic E-state index is 9.71. The predicted octanol–water partition coefficient (Wildman–Crippen LogP) is 3.82. The topological polar surface area (TPSA) is 23.5 Å². The number of benzene rings is 1. The van der Waals surface area contributed by atoms with Crippen LogP contribution in [0.25, 0.3) is 0 Å². The number of piperidine rings is 1. The number of phenols is 1. The van der Waals surface area contributed by atoms with E-state index in [1.165, 1.54) is 44.5 Å². The Balaban J connectivity index is 0.00000147. The molecule has 1 aromatic rings. The standard InChI is InChI=1S/C17H25NO.ClH/c1-13-11-18(12-14-6-7-14)9-8-17(13,2)15-4-3-5-16(19)10-15;/h3-5,10,13-14,19H,6-9,11-12H2,1-2H3;1H/t13-,17-;/m0./s1. The second kappa shape index (κ2) is 5.95. The molecule has 2 nitrogen and oxygen atoms in total. The van der Waals surface area contributed by atoms with E-state index in [9.17, 15) is 5.11 Å². The van der Waals surface area contributed by atoms with Gasteiger partial charge in [0.05, 0.1) is 0 Å². The molecule has 2 fully saturated rings. The molecule has 0 radical (unpaired) electrons. The third kappa shape index (κ3) is 3.12. The molecule has 1 aliphatic heterocycles. The molecule has 0 unspecified atom stereocenters. The lowest BCUT2D eigenvalue weighted by Gasteiger charge is -2.45. The van der Waals surface area contributed by atoms with Gasteiger partial charge in [-0.3, -0.25) is 0 Å². The Hall–Kier alpha value is -0.730. The number of hydrogen-bond donors (Lipinski definition) is 1. The van der Waals surface area contributed by atoms with Gasteiger partial charge in [-0.25, -0.2) is 0 Å². The van der Waals surface area contributed by atoms with Crippen LogP contribution in [0, 0.1) is 11.8 Å². The van der Waals surface area contributed by atoms with Crippen LogP contribution in [0.5, 0.6) is 5.75 Å². The van der Waals surface area contributed by atoms with Crippen LogP contribution in [0.4, 0.5) is 0 Å². The van der Waals surface area contributed by atoms with Crippen LogP contribution in [-0.4, -0.2) is 29.6 Å². The van der Waals surface area contributed by atoms with Gasteiger partial charge in [-0.2, -0.15) is 0 Å². The molecule has 1 saturated heterocycles. The Bertz CT molecular complexity index is 460. The number of rotatable bonds is 3. The second-order valence-corrected chi connectivity index (χ2v) is 6.82. The summed E-state index contributed by atoms with van der Waals surface area (Å²) in [5.74, 6) is 2.02. The van der Waals surface area contributed by atoms with Crippen molar-refractivity contribution in [2.24, 2.45) is 11.8 Å². The number of hydrogen-bond acceptors (Lipinski definition) is 2. The molecule has 1 aromatic carbocycles. The van der Waals surface area contributed by atoms with Crippen molar-refractivity contribution in [3.8, 4) is 5.75 Å². The summed E-state index contributed by atoms with van der Waals surface area (Å²) >= 11 is 0. The maximum Gasteiger partial charge on any atom is 0.115 e. The Morgan fingerprint density at radius 2 is 2.10 bits per heavy atom. The first-order valence-electron chi connectivity index (χ1n) is 7.60. The summed E-state index contributed by atoms with van der Waals surface area (Å²) in [6, 6.07) is 7.86. The number of nitrogens with zero attached hydrogens (tertiary/aromatic N) is 1. The maximum atomic E-state index is 9.71. The van der Waals surface area contributed by atoms with E-state index in [-0.39, 0.29) is 17.8 Å². The summed E-state index contributed by atoms with van der Waals surface area (Å²) in [4.78, 5) is 2.65. The first-order valence-corrected chi connectivity index (χ1v) is 7.60. The van der Waals surface area contributed by atoms with Crippen LogP contribution in [0.1, 0.15) is 38.7 Å². The molecule has 20 heavy (non-hydrogen) atoms. The Morgan fingerprint density at radius 3 is 2.70 bits per heavy atom. The SMILES string of the molecule is C[C@H]1CN(CC2CC2)CC[C@]1(C)c1cccc(O)c1.Cl. The van der Waals surface area contributed by atoms with Crippen LogP contribution in [0.3, 0.4) is 0 Å². The molecule has 1 saturated carbocycles. The summed E-state index contributed by atoms with van der Waals surface area (Å²) in [5.41, 5.74) is 1.50. The third-order valence-electron chi connectivity index (χ3n) is 5.29. The normalized spacial score (nSPS) is 30.8. The number of aromatic hydroxyl groups is 1. The molecule has 2 atom stereocenters. The lowest BCUT2D eigenvalue weighted by molar-refractivity contribution is 0.107. The Labute approximate surface area is 128 Å². The first kappa shape index (κ1) is 15.7. The fourth-order valence-corrected chi connectivity index (χ4v) is 3.44. The molecule has 2 aliphatic rings. The Morgan fingerprint density at radius 1 is 1.35 bits per heavy atom.